The first-order chi connectivity index (χ1) is 13.5. The zero-order valence-electron chi connectivity index (χ0n) is 14.9. The van der Waals surface area contributed by atoms with E-state index < -0.39 is 23.9 Å². The predicted octanol–water partition coefficient (Wildman–Crippen LogP) is 1.97. The van der Waals surface area contributed by atoms with Crippen molar-refractivity contribution in [3.05, 3.63) is 45.4 Å². The molecule has 2 heterocycles. The fourth-order valence-electron chi connectivity index (χ4n) is 2.76. The van der Waals surface area contributed by atoms with Crippen LogP contribution in [0.25, 0.3) is 0 Å². The zero-order valence-corrected chi connectivity index (χ0v) is 17.3. The summed E-state index contributed by atoms with van der Waals surface area (Å²) >= 11 is 4.71. The van der Waals surface area contributed by atoms with Gasteiger partial charge in [0.2, 0.25) is 0 Å². The second-order valence-corrected chi connectivity index (χ2v) is 8.26. The van der Waals surface area contributed by atoms with Crippen LogP contribution in [0.4, 0.5) is 5.13 Å². The fourth-order valence-corrected chi connectivity index (χ4v) is 4.20. The van der Waals surface area contributed by atoms with Crippen LogP contribution in [0.5, 0.6) is 0 Å². The number of ether oxygens (including phenoxy) is 1. The van der Waals surface area contributed by atoms with Crippen LogP contribution in [-0.2, 0) is 38.0 Å². The Morgan fingerprint density at radius 2 is 2.21 bits per heavy atom. The predicted molar refractivity (Wildman–Crippen MR) is 106 cm³/mol. The first kappa shape index (κ1) is 21.3. The Labute approximate surface area is 174 Å². The zero-order chi connectivity index (χ0) is 19.9. The molecule has 1 fully saturated rings. The van der Waals surface area contributed by atoms with Crippen LogP contribution in [-0.4, -0.2) is 57.5 Å². The third-order valence-electron chi connectivity index (χ3n) is 4.04. The molecule has 0 aliphatic carbocycles. The van der Waals surface area contributed by atoms with Gasteiger partial charge in [-0.25, -0.2) is 9.19 Å². The molecule has 152 valence electrons. The Morgan fingerprint density at radius 3 is 2.93 bits per heavy atom. The maximum atomic E-state index is 11.8. The third kappa shape index (κ3) is 6.59. The van der Waals surface area contributed by atoms with Crippen molar-refractivity contribution in [2.24, 2.45) is 0 Å². The van der Waals surface area contributed by atoms with Crippen molar-refractivity contribution >= 4 is 45.3 Å². The lowest BCUT2D eigenvalue weighted by molar-refractivity contribution is -0.118. The standard InChI is InChI=1S/C17H20ClN3O5S2/c18-13-3-1-2-12(8-13)9-15-14(10-21-4-6-25-7-5-21)19-17(27-15)20-16(22)11-26-28(23)24/h1-3,8H,4-7,9-11H2,(H,23,24)(H,19,20,22)/p-1. The van der Waals surface area contributed by atoms with Crippen LogP contribution in [0.15, 0.2) is 24.3 Å². The van der Waals surface area contributed by atoms with Gasteiger partial charge in [-0.1, -0.05) is 23.7 Å². The van der Waals surface area contributed by atoms with E-state index >= 15 is 0 Å². The van der Waals surface area contributed by atoms with Gasteiger partial charge in [0.05, 0.1) is 30.3 Å². The summed E-state index contributed by atoms with van der Waals surface area (Å²) < 4.78 is 30.5. The van der Waals surface area contributed by atoms with Crippen molar-refractivity contribution in [2.45, 2.75) is 13.0 Å². The van der Waals surface area contributed by atoms with Gasteiger partial charge in [0.25, 0.3) is 5.91 Å². The van der Waals surface area contributed by atoms with Crippen molar-refractivity contribution < 1.29 is 22.5 Å². The number of hydrogen-bond acceptors (Lipinski definition) is 8. The van der Waals surface area contributed by atoms with E-state index in [2.05, 4.69) is 19.4 Å². The summed E-state index contributed by atoms with van der Waals surface area (Å²) in [7, 11) is 0. The fraction of sp³-hybridized carbons (Fsp3) is 0.412. The molecule has 0 radical (unpaired) electrons. The van der Waals surface area contributed by atoms with Gasteiger partial charge in [-0.15, -0.1) is 11.3 Å². The van der Waals surface area contributed by atoms with Gasteiger partial charge < -0.3 is 9.29 Å². The average Bonchev–Trinajstić information content (AvgIpc) is 3.01. The number of nitrogens with zero attached hydrogens (tertiary/aromatic N) is 2. The molecule has 2 aromatic rings. The van der Waals surface area contributed by atoms with Gasteiger partial charge in [0.1, 0.15) is 6.61 Å². The summed E-state index contributed by atoms with van der Waals surface area (Å²) in [6.45, 7) is 3.06. The smallest absolute Gasteiger partial charge is 0.253 e. The lowest BCUT2D eigenvalue weighted by Gasteiger charge is -2.26. The summed E-state index contributed by atoms with van der Waals surface area (Å²) in [4.78, 5) is 19.7. The van der Waals surface area contributed by atoms with Crippen molar-refractivity contribution in [1.29, 1.82) is 0 Å². The van der Waals surface area contributed by atoms with E-state index in [9.17, 15) is 13.6 Å². The molecule has 1 amide bonds. The molecular formula is C17H19ClN3O5S2-. The van der Waals surface area contributed by atoms with Crippen molar-refractivity contribution in [3.8, 4) is 0 Å². The Balaban J connectivity index is 1.75. The average molecular weight is 445 g/mol. The number of benzene rings is 1. The van der Waals surface area contributed by atoms with Gasteiger partial charge in [0, 0.05) is 36.0 Å². The molecule has 1 aromatic heterocycles. The lowest BCUT2D eigenvalue weighted by atomic mass is 10.1. The van der Waals surface area contributed by atoms with E-state index in [0.717, 1.165) is 29.2 Å². The number of amides is 1. The van der Waals surface area contributed by atoms with Crippen LogP contribution < -0.4 is 5.32 Å². The summed E-state index contributed by atoms with van der Waals surface area (Å²) in [5.41, 5.74) is 1.91. The number of hydrogen-bond donors (Lipinski definition) is 1. The Hall–Kier alpha value is -1.40. The molecular weight excluding hydrogens is 426 g/mol. The van der Waals surface area contributed by atoms with E-state index in [1.807, 2.05) is 24.3 Å². The minimum atomic E-state index is -2.74. The minimum absolute atomic E-state index is 0.408. The molecule has 11 heteroatoms. The number of carbonyl (C=O) groups is 1. The van der Waals surface area contributed by atoms with E-state index in [1.54, 1.807) is 0 Å². The molecule has 1 aliphatic rings. The molecule has 1 aliphatic heterocycles. The van der Waals surface area contributed by atoms with Gasteiger partial charge in [-0.3, -0.25) is 19.2 Å². The van der Waals surface area contributed by atoms with Crippen molar-refractivity contribution in [1.82, 2.24) is 9.88 Å². The second-order valence-electron chi connectivity index (χ2n) is 6.10. The SMILES string of the molecule is O=C(COS(=O)[O-])Nc1nc(CN2CCOCC2)c(Cc2cccc(Cl)c2)s1. The summed E-state index contributed by atoms with van der Waals surface area (Å²) in [6.07, 6.45) is 0.634. The molecule has 8 nitrogen and oxygen atoms in total. The van der Waals surface area contributed by atoms with E-state index in [0.29, 0.717) is 36.3 Å². The molecule has 1 unspecified atom stereocenters. The van der Waals surface area contributed by atoms with E-state index in [1.165, 1.54) is 11.3 Å². The van der Waals surface area contributed by atoms with Gasteiger partial charge >= 0.3 is 0 Å². The minimum Gasteiger partial charge on any atom is -0.750 e. The molecule has 1 saturated heterocycles. The number of carbonyl (C=O) groups excluding carboxylic acids is 1. The highest BCUT2D eigenvalue weighted by Gasteiger charge is 2.18. The summed E-state index contributed by atoms with van der Waals surface area (Å²) in [5.74, 6) is -0.579. The van der Waals surface area contributed by atoms with Crippen molar-refractivity contribution in [2.75, 3.05) is 38.2 Å². The molecule has 28 heavy (non-hydrogen) atoms. The highest BCUT2D eigenvalue weighted by atomic mass is 35.5. The van der Waals surface area contributed by atoms with Crippen LogP contribution >= 0.6 is 22.9 Å². The van der Waals surface area contributed by atoms with Crippen LogP contribution in [0, 0.1) is 0 Å². The highest BCUT2D eigenvalue weighted by molar-refractivity contribution is 7.74. The number of nitrogens with one attached hydrogen (secondary N) is 1. The van der Waals surface area contributed by atoms with Gasteiger partial charge in [-0.05, 0) is 17.7 Å². The first-order valence-electron chi connectivity index (χ1n) is 8.55. The molecule has 0 bridgehead atoms. The second kappa shape index (κ2) is 10.4. The number of anilines is 1. The van der Waals surface area contributed by atoms with E-state index in [4.69, 9.17) is 16.3 Å². The number of aromatic nitrogens is 1. The maximum absolute atomic E-state index is 11.8. The molecule has 1 atom stereocenters. The Kier molecular flexibility index (Phi) is 7.91. The molecule has 0 spiro atoms. The summed E-state index contributed by atoms with van der Waals surface area (Å²) in [6, 6.07) is 7.59. The third-order valence-corrected chi connectivity index (χ3v) is 5.60. The largest absolute Gasteiger partial charge is 0.750 e. The number of rotatable bonds is 8. The van der Waals surface area contributed by atoms with E-state index in [-0.39, 0.29) is 0 Å². The maximum Gasteiger partial charge on any atom is 0.253 e. The monoisotopic (exact) mass is 444 g/mol. The molecule has 3 rings (SSSR count). The number of halogens is 1. The molecule has 1 N–H and O–H groups in total. The molecule has 0 saturated carbocycles. The lowest BCUT2D eigenvalue weighted by Crippen LogP contribution is -2.36. The quantitative estimate of drug-likeness (QED) is 0.620. The number of thiazole rings is 1. The normalized spacial score (nSPS) is 16.1. The highest BCUT2D eigenvalue weighted by Crippen LogP contribution is 2.28. The van der Waals surface area contributed by atoms with Crippen LogP contribution in [0.2, 0.25) is 5.02 Å². The van der Waals surface area contributed by atoms with Crippen LogP contribution in [0.3, 0.4) is 0 Å². The topological polar surface area (TPSA) is 104 Å². The Bertz CT molecular complexity index is 842. The van der Waals surface area contributed by atoms with Crippen LogP contribution in [0.1, 0.15) is 16.1 Å². The summed E-state index contributed by atoms with van der Waals surface area (Å²) in [5, 5.41) is 3.66. The Morgan fingerprint density at radius 1 is 1.43 bits per heavy atom. The van der Waals surface area contributed by atoms with Gasteiger partial charge in [-0.2, -0.15) is 0 Å². The first-order valence-corrected chi connectivity index (χ1v) is 10.7. The van der Waals surface area contributed by atoms with Crippen molar-refractivity contribution in [3.63, 3.8) is 0 Å². The van der Waals surface area contributed by atoms with Gasteiger partial charge in [0.15, 0.2) is 5.13 Å². The molecule has 1 aromatic carbocycles. The number of morpholine rings is 1.